The first-order valence-electron chi connectivity index (χ1n) is 5.30. The zero-order valence-corrected chi connectivity index (χ0v) is 10.5. The average Bonchev–Trinajstić information content (AvgIpc) is 2.84. The van der Waals surface area contributed by atoms with E-state index in [4.69, 9.17) is 5.73 Å². The van der Waals surface area contributed by atoms with Crippen LogP contribution >= 0.6 is 27.3 Å². The van der Waals surface area contributed by atoms with Crippen LogP contribution in [0.25, 0.3) is 0 Å². The molecule has 1 heterocycles. The molecule has 0 radical (unpaired) electrons. The lowest BCUT2D eigenvalue weighted by molar-refractivity contribution is 0.692. The number of aryl methyl sites for hydroxylation is 1. The first-order chi connectivity index (χ1) is 6.71. The van der Waals surface area contributed by atoms with E-state index in [-0.39, 0.29) is 5.54 Å². The van der Waals surface area contributed by atoms with Gasteiger partial charge in [0.25, 0.3) is 0 Å². The lowest BCUT2D eigenvalue weighted by Crippen LogP contribution is -2.17. The van der Waals surface area contributed by atoms with Crippen molar-refractivity contribution in [3.05, 3.63) is 19.8 Å². The van der Waals surface area contributed by atoms with Crippen molar-refractivity contribution in [1.29, 1.82) is 0 Å². The quantitative estimate of drug-likeness (QED) is 0.833. The van der Waals surface area contributed by atoms with Crippen LogP contribution in [0.5, 0.6) is 0 Å². The van der Waals surface area contributed by atoms with Crippen LogP contribution in [0, 0.1) is 0 Å². The van der Waals surface area contributed by atoms with Gasteiger partial charge in [-0.1, -0.05) is 0 Å². The van der Waals surface area contributed by atoms with E-state index in [0.29, 0.717) is 0 Å². The third-order valence-electron chi connectivity index (χ3n) is 3.35. The minimum absolute atomic E-state index is 0.0425. The summed E-state index contributed by atoms with van der Waals surface area (Å²) in [5, 5.41) is 0. The molecule has 2 aliphatic rings. The summed E-state index contributed by atoms with van der Waals surface area (Å²) in [6, 6.07) is 0. The van der Waals surface area contributed by atoms with Crippen molar-refractivity contribution >= 4 is 27.3 Å². The predicted octanol–water partition coefficient (Wildman–Crippen LogP) is 3.34. The van der Waals surface area contributed by atoms with Gasteiger partial charge < -0.3 is 5.73 Å². The molecule has 1 nitrogen and oxygen atoms in total. The Hall–Kier alpha value is 0.140. The van der Waals surface area contributed by atoms with E-state index in [2.05, 4.69) is 15.9 Å². The number of hydrogen-bond donors (Lipinski definition) is 1. The van der Waals surface area contributed by atoms with E-state index in [1.807, 2.05) is 11.3 Å². The predicted molar refractivity (Wildman–Crippen MR) is 63.8 cm³/mol. The Kier molecular flexibility index (Phi) is 2.05. The number of halogens is 1. The van der Waals surface area contributed by atoms with Gasteiger partial charge in [0.2, 0.25) is 0 Å². The summed E-state index contributed by atoms with van der Waals surface area (Å²) < 4.78 is 1.34. The van der Waals surface area contributed by atoms with E-state index in [1.165, 1.54) is 47.9 Å². The summed E-state index contributed by atoms with van der Waals surface area (Å²) >= 11 is 5.70. The normalized spacial score (nSPS) is 23.3. The van der Waals surface area contributed by atoms with E-state index in [9.17, 15) is 0 Å². The molecule has 2 aliphatic carbocycles. The third kappa shape index (κ3) is 1.29. The lowest BCUT2D eigenvalue weighted by Gasteiger charge is -2.10. The molecule has 0 unspecified atom stereocenters. The molecular weight excluding hydrogens is 258 g/mol. The number of thiophene rings is 1. The fraction of sp³-hybridized carbons (Fsp3) is 0.636. The van der Waals surface area contributed by atoms with Crippen LogP contribution in [-0.2, 0) is 18.4 Å². The maximum atomic E-state index is 6.26. The number of rotatable bonds is 1. The van der Waals surface area contributed by atoms with Crippen molar-refractivity contribution in [3.63, 3.8) is 0 Å². The first kappa shape index (κ1) is 9.37. The summed E-state index contributed by atoms with van der Waals surface area (Å²) in [6.45, 7) is 0. The van der Waals surface area contributed by atoms with Gasteiger partial charge in [-0.2, -0.15) is 0 Å². The highest BCUT2D eigenvalue weighted by Gasteiger charge is 2.43. The molecule has 0 aliphatic heterocycles. The molecule has 0 amide bonds. The van der Waals surface area contributed by atoms with Crippen LogP contribution in [0.15, 0.2) is 4.47 Å². The maximum Gasteiger partial charge on any atom is 0.0517 e. The van der Waals surface area contributed by atoms with Gasteiger partial charge in [-0.25, -0.2) is 0 Å². The fourth-order valence-corrected chi connectivity index (χ4v) is 4.86. The third-order valence-corrected chi connectivity index (χ3v) is 6.00. The molecule has 0 aromatic carbocycles. The number of hydrogen-bond acceptors (Lipinski definition) is 2. The van der Waals surface area contributed by atoms with Crippen molar-refractivity contribution in [1.82, 2.24) is 0 Å². The Morgan fingerprint density at radius 2 is 1.93 bits per heavy atom. The molecule has 1 fully saturated rings. The molecule has 76 valence electrons. The lowest BCUT2D eigenvalue weighted by atomic mass is 9.98. The second-order valence-corrected chi connectivity index (χ2v) is 6.41. The molecule has 0 bridgehead atoms. The van der Waals surface area contributed by atoms with Gasteiger partial charge in [-0.15, -0.1) is 11.3 Å². The Morgan fingerprint density at radius 3 is 2.57 bits per heavy atom. The molecule has 0 spiro atoms. The zero-order valence-electron chi connectivity index (χ0n) is 8.11. The maximum absolute atomic E-state index is 6.26. The van der Waals surface area contributed by atoms with E-state index < -0.39 is 0 Å². The second kappa shape index (κ2) is 3.06. The number of fused-ring (bicyclic) bond motifs is 1. The van der Waals surface area contributed by atoms with Crippen LogP contribution < -0.4 is 5.73 Å². The summed E-state index contributed by atoms with van der Waals surface area (Å²) in [5.41, 5.74) is 7.87. The highest BCUT2D eigenvalue weighted by atomic mass is 79.9. The highest BCUT2D eigenvalue weighted by Crippen LogP contribution is 2.51. The van der Waals surface area contributed by atoms with Crippen LogP contribution in [0.2, 0.25) is 0 Å². The molecule has 0 atom stereocenters. The minimum Gasteiger partial charge on any atom is -0.321 e. The SMILES string of the molecule is NC1(c2sc3c(c2Br)CCCC3)CC1. The van der Waals surface area contributed by atoms with E-state index in [1.54, 1.807) is 10.4 Å². The molecule has 1 aromatic heterocycles. The summed E-state index contributed by atoms with van der Waals surface area (Å²) in [4.78, 5) is 3.01. The largest absolute Gasteiger partial charge is 0.321 e. The molecule has 0 saturated heterocycles. The van der Waals surface area contributed by atoms with Gasteiger partial charge in [-0.3, -0.25) is 0 Å². The van der Waals surface area contributed by atoms with Gasteiger partial charge in [0.15, 0.2) is 0 Å². The Morgan fingerprint density at radius 1 is 1.21 bits per heavy atom. The minimum atomic E-state index is 0.0425. The van der Waals surface area contributed by atoms with Gasteiger partial charge in [0.1, 0.15) is 0 Å². The fourth-order valence-electron chi connectivity index (χ4n) is 2.21. The molecule has 3 rings (SSSR count). The first-order valence-corrected chi connectivity index (χ1v) is 6.91. The molecule has 3 heteroatoms. The standard InChI is InChI=1S/C11H14BrNS/c12-9-7-3-1-2-4-8(7)14-10(9)11(13)5-6-11/h1-6,13H2. The summed E-state index contributed by atoms with van der Waals surface area (Å²) in [5.74, 6) is 0. The monoisotopic (exact) mass is 271 g/mol. The van der Waals surface area contributed by atoms with Crippen molar-refractivity contribution in [2.45, 2.75) is 44.1 Å². The Balaban J connectivity index is 2.09. The van der Waals surface area contributed by atoms with E-state index in [0.717, 1.165) is 0 Å². The molecule has 14 heavy (non-hydrogen) atoms. The average molecular weight is 272 g/mol. The molecule has 1 aromatic rings. The van der Waals surface area contributed by atoms with Crippen LogP contribution in [0.3, 0.4) is 0 Å². The van der Waals surface area contributed by atoms with Crippen molar-refractivity contribution < 1.29 is 0 Å². The molecule has 1 saturated carbocycles. The van der Waals surface area contributed by atoms with Crippen LogP contribution in [-0.4, -0.2) is 0 Å². The summed E-state index contributed by atoms with van der Waals surface area (Å²) in [6.07, 6.45) is 7.57. The smallest absolute Gasteiger partial charge is 0.0517 e. The Labute approximate surface area is 96.8 Å². The van der Waals surface area contributed by atoms with Crippen molar-refractivity contribution in [3.8, 4) is 0 Å². The van der Waals surface area contributed by atoms with Crippen molar-refractivity contribution in [2.24, 2.45) is 5.73 Å². The van der Waals surface area contributed by atoms with Gasteiger partial charge >= 0.3 is 0 Å². The molecular formula is C11H14BrNS. The zero-order chi connectivity index (χ0) is 9.76. The molecule has 2 N–H and O–H groups in total. The van der Waals surface area contributed by atoms with Gasteiger partial charge in [0.05, 0.1) is 5.54 Å². The van der Waals surface area contributed by atoms with Crippen molar-refractivity contribution in [2.75, 3.05) is 0 Å². The van der Waals surface area contributed by atoms with Crippen LogP contribution in [0.4, 0.5) is 0 Å². The van der Waals surface area contributed by atoms with Gasteiger partial charge in [0, 0.05) is 14.2 Å². The topological polar surface area (TPSA) is 26.0 Å². The Bertz CT molecular complexity index is 379. The van der Waals surface area contributed by atoms with Gasteiger partial charge in [-0.05, 0) is 60.0 Å². The second-order valence-electron chi connectivity index (χ2n) is 4.51. The van der Waals surface area contributed by atoms with Crippen LogP contribution in [0.1, 0.15) is 41.0 Å². The highest BCUT2D eigenvalue weighted by molar-refractivity contribution is 9.10. The number of nitrogens with two attached hydrogens (primary N) is 1. The summed E-state index contributed by atoms with van der Waals surface area (Å²) in [7, 11) is 0. The van der Waals surface area contributed by atoms with E-state index >= 15 is 0 Å².